The Balaban J connectivity index is 1.74. The minimum absolute atomic E-state index is 0.239. The Labute approximate surface area is 150 Å². The van der Waals surface area contributed by atoms with Crippen molar-refractivity contribution in [2.45, 2.75) is 6.92 Å². The molecule has 6 nitrogen and oxygen atoms in total. The maximum Gasteiger partial charge on any atom is 0.274 e. The van der Waals surface area contributed by atoms with Gasteiger partial charge in [-0.2, -0.15) is 0 Å². The number of likely N-dealkylation sites (N-methyl/N-ethyl adjacent to an activating group) is 1. The van der Waals surface area contributed by atoms with E-state index in [9.17, 15) is 4.79 Å². The van der Waals surface area contributed by atoms with Crippen LogP contribution in [0.2, 0.25) is 0 Å². The Kier molecular flexibility index (Phi) is 5.11. The molecule has 7 heteroatoms. The van der Waals surface area contributed by atoms with Crippen molar-refractivity contribution in [2.24, 2.45) is 0 Å². The maximum atomic E-state index is 12.5. The highest BCUT2D eigenvalue weighted by Gasteiger charge is 2.18. The van der Waals surface area contributed by atoms with Crippen LogP contribution in [0.4, 0.5) is 11.6 Å². The first kappa shape index (κ1) is 16.9. The maximum absolute atomic E-state index is 12.5. The van der Waals surface area contributed by atoms with Gasteiger partial charge in [0.2, 0.25) is 5.95 Å². The zero-order chi connectivity index (χ0) is 17.1. The van der Waals surface area contributed by atoms with Crippen LogP contribution in [0.15, 0.2) is 34.9 Å². The van der Waals surface area contributed by atoms with Gasteiger partial charge in [0.1, 0.15) is 5.69 Å². The Morgan fingerprint density at radius 3 is 2.67 bits per heavy atom. The fourth-order valence-electron chi connectivity index (χ4n) is 2.54. The molecule has 0 saturated carbocycles. The van der Waals surface area contributed by atoms with Gasteiger partial charge < -0.3 is 15.1 Å². The van der Waals surface area contributed by atoms with Crippen LogP contribution in [0, 0.1) is 6.92 Å². The molecule has 0 radical (unpaired) electrons. The number of carbonyl (C=O) groups excluding carboxylic acids is 1. The molecule has 1 aromatic carbocycles. The lowest BCUT2D eigenvalue weighted by Crippen LogP contribution is -2.45. The molecule has 1 amide bonds. The molecule has 126 valence electrons. The molecule has 0 unspecified atom stereocenters. The summed E-state index contributed by atoms with van der Waals surface area (Å²) in [6.07, 6.45) is 1.64. The lowest BCUT2D eigenvalue weighted by Gasteiger charge is -2.32. The van der Waals surface area contributed by atoms with Crippen LogP contribution < -0.4 is 10.2 Å². The lowest BCUT2D eigenvalue weighted by atomic mass is 10.2. The van der Waals surface area contributed by atoms with Crippen LogP contribution in [0.25, 0.3) is 0 Å². The van der Waals surface area contributed by atoms with E-state index in [1.165, 1.54) is 0 Å². The highest BCUT2D eigenvalue weighted by atomic mass is 79.9. The summed E-state index contributed by atoms with van der Waals surface area (Å²) < 4.78 is 0.851. The first-order valence-electron chi connectivity index (χ1n) is 7.87. The molecule has 1 aromatic heterocycles. The molecule has 1 saturated heterocycles. The third kappa shape index (κ3) is 3.91. The first-order valence-corrected chi connectivity index (χ1v) is 8.66. The smallest absolute Gasteiger partial charge is 0.274 e. The fourth-order valence-corrected chi connectivity index (χ4v) is 3.13. The molecule has 1 aliphatic heterocycles. The zero-order valence-corrected chi connectivity index (χ0v) is 15.4. The first-order chi connectivity index (χ1) is 11.5. The molecule has 1 fully saturated rings. The van der Waals surface area contributed by atoms with Crippen LogP contribution in [0.1, 0.15) is 16.1 Å². The van der Waals surface area contributed by atoms with E-state index in [1.807, 2.05) is 25.1 Å². The van der Waals surface area contributed by atoms with Crippen molar-refractivity contribution < 1.29 is 4.79 Å². The van der Waals surface area contributed by atoms with Crippen molar-refractivity contribution in [3.05, 3.63) is 46.2 Å². The van der Waals surface area contributed by atoms with E-state index >= 15 is 0 Å². The van der Waals surface area contributed by atoms with Crippen molar-refractivity contribution in [1.82, 2.24) is 14.9 Å². The molecule has 0 atom stereocenters. The number of benzene rings is 1. The molecule has 2 heterocycles. The SMILES string of the molecule is Cc1ccc(NC(=O)c2ccnc(N3CCN(C)CC3)n2)c(Br)c1. The van der Waals surface area contributed by atoms with Gasteiger partial charge in [-0.3, -0.25) is 4.79 Å². The summed E-state index contributed by atoms with van der Waals surface area (Å²) in [6, 6.07) is 7.43. The standard InChI is InChI=1S/C17H20BrN5O/c1-12-3-4-14(13(18)11-12)20-16(24)15-5-6-19-17(21-15)23-9-7-22(2)8-10-23/h3-6,11H,7-10H2,1-2H3,(H,20,24). The summed E-state index contributed by atoms with van der Waals surface area (Å²) in [5.74, 6) is 0.371. The molecular weight excluding hydrogens is 370 g/mol. The second kappa shape index (κ2) is 7.27. The van der Waals surface area contributed by atoms with E-state index in [1.54, 1.807) is 12.3 Å². The second-order valence-corrected chi connectivity index (χ2v) is 6.82. The summed E-state index contributed by atoms with van der Waals surface area (Å²) in [7, 11) is 2.10. The summed E-state index contributed by atoms with van der Waals surface area (Å²) in [5, 5.41) is 2.89. The quantitative estimate of drug-likeness (QED) is 0.873. The number of carbonyl (C=O) groups is 1. The zero-order valence-electron chi connectivity index (χ0n) is 13.8. The van der Waals surface area contributed by atoms with E-state index in [4.69, 9.17) is 0 Å². The molecule has 0 bridgehead atoms. The molecule has 2 aromatic rings. The normalized spacial score (nSPS) is 15.4. The van der Waals surface area contributed by atoms with Crippen LogP contribution in [-0.2, 0) is 0 Å². The van der Waals surface area contributed by atoms with Gasteiger partial charge in [-0.1, -0.05) is 6.07 Å². The predicted molar refractivity (Wildman–Crippen MR) is 98.6 cm³/mol. The lowest BCUT2D eigenvalue weighted by molar-refractivity contribution is 0.102. The molecule has 1 aliphatic rings. The summed E-state index contributed by atoms with van der Waals surface area (Å²) in [4.78, 5) is 25.6. The minimum atomic E-state index is -0.239. The second-order valence-electron chi connectivity index (χ2n) is 5.97. The van der Waals surface area contributed by atoms with Gasteiger partial charge in [-0.15, -0.1) is 0 Å². The topological polar surface area (TPSA) is 61.4 Å². The number of nitrogens with zero attached hydrogens (tertiary/aromatic N) is 4. The fraction of sp³-hybridized carbons (Fsp3) is 0.353. The van der Waals surface area contributed by atoms with Gasteiger partial charge in [0.25, 0.3) is 5.91 Å². The average molecular weight is 390 g/mol. The number of piperazine rings is 1. The third-order valence-corrected chi connectivity index (χ3v) is 4.69. The van der Waals surface area contributed by atoms with E-state index in [0.29, 0.717) is 11.6 Å². The van der Waals surface area contributed by atoms with Crippen molar-refractivity contribution in [3.8, 4) is 0 Å². The average Bonchev–Trinajstić information content (AvgIpc) is 2.58. The van der Waals surface area contributed by atoms with E-state index < -0.39 is 0 Å². The number of halogens is 1. The molecule has 0 aliphatic carbocycles. The Bertz CT molecular complexity index is 744. The van der Waals surface area contributed by atoms with Crippen LogP contribution in [0.5, 0.6) is 0 Å². The molecule has 1 N–H and O–H groups in total. The summed E-state index contributed by atoms with van der Waals surface area (Å²) in [5.41, 5.74) is 2.22. The van der Waals surface area contributed by atoms with Crippen LogP contribution in [0.3, 0.4) is 0 Å². The molecule has 0 spiro atoms. The van der Waals surface area contributed by atoms with Crippen molar-refractivity contribution in [2.75, 3.05) is 43.4 Å². The summed E-state index contributed by atoms with van der Waals surface area (Å²) in [6.45, 7) is 5.67. The van der Waals surface area contributed by atoms with Crippen molar-refractivity contribution >= 4 is 33.5 Å². The van der Waals surface area contributed by atoms with Gasteiger partial charge in [0, 0.05) is 36.8 Å². The number of hydrogen-bond acceptors (Lipinski definition) is 5. The molecular formula is C17H20BrN5O. The van der Waals surface area contributed by atoms with Gasteiger partial charge >= 0.3 is 0 Å². The largest absolute Gasteiger partial charge is 0.338 e. The van der Waals surface area contributed by atoms with Gasteiger partial charge in [-0.05, 0) is 53.7 Å². The number of hydrogen-bond donors (Lipinski definition) is 1. The molecule has 3 rings (SSSR count). The van der Waals surface area contributed by atoms with Crippen LogP contribution in [-0.4, -0.2) is 54.0 Å². The van der Waals surface area contributed by atoms with Gasteiger partial charge in [0.05, 0.1) is 5.69 Å². The van der Waals surface area contributed by atoms with Crippen molar-refractivity contribution in [3.63, 3.8) is 0 Å². The Morgan fingerprint density at radius 2 is 1.96 bits per heavy atom. The third-order valence-electron chi connectivity index (χ3n) is 4.03. The number of rotatable bonds is 3. The van der Waals surface area contributed by atoms with E-state index in [-0.39, 0.29) is 5.91 Å². The minimum Gasteiger partial charge on any atom is -0.338 e. The number of anilines is 2. The van der Waals surface area contributed by atoms with Gasteiger partial charge in [-0.25, -0.2) is 9.97 Å². The highest BCUT2D eigenvalue weighted by molar-refractivity contribution is 9.10. The van der Waals surface area contributed by atoms with E-state index in [2.05, 4.69) is 48.1 Å². The Hall–Kier alpha value is -1.99. The van der Waals surface area contributed by atoms with E-state index in [0.717, 1.165) is 41.9 Å². The Morgan fingerprint density at radius 1 is 1.21 bits per heavy atom. The van der Waals surface area contributed by atoms with Gasteiger partial charge in [0.15, 0.2) is 0 Å². The summed E-state index contributed by atoms with van der Waals surface area (Å²) >= 11 is 3.47. The predicted octanol–water partition coefficient (Wildman–Crippen LogP) is 2.55. The van der Waals surface area contributed by atoms with Crippen molar-refractivity contribution in [1.29, 1.82) is 0 Å². The van der Waals surface area contributed by atoms with Crippen LogP contribution >= 0.6 is 15.9 Å². The number of nitrogens with one attached hydrogen (secondary N) is 1. The number of aromatic nitrogens is 2. The highest BCUT2D eigenvalue weighted by Crippen LogP contribution is 2.24. The number of aryl methyl sites for hydroxylation is 1. The monoisotopic (exact) mass is 389 g/mol. The molecule has 24 heavy (non-hydrogen) atoms. The number of amides is 1.